The molecule has 0 aliphatic heterocycles. The van der Waals surface area contributed by atoms with E-state index < -0.39 is 5.41 Å². The van der Waals surface area contributed by atoms with Gasteiger partial charge in [0.2, 0.25) is 5.91 Å². The molecule has 1 saturated carbocycles. The molecule has 2 rings (SSSR count). The molecule has 0 radical (unpaired) electrons. The zero-order valence-corrected chi connectivity index (χ0v) is 12.1. The van der Waals surface area contributed by atoms with E-state index in [1.165, 1.54) is 0 Å². The van der Waals surface area contributed by atoms with Gasteiger partial charge in [-0.2, -0.15) is 10.4 Å². The second kappa shape index (κ2) is 6.04. The van der Waals surface area contributed by atoms with Gasteiger partial charge in [-0.3, -0.25) is 9.89 Å². The van der Waals surface area contributed by atoms with Crippen molar-refractivity contribution in [1.82, 2.24) is 20.1 Å². The summed E-state index contributed by atoms with van der Waals surface area (Å²) in [5.41, 5.74) is -0.851. The molecule has 0 spiro atoms. The van der Waals surface area contributed by atoms with Gasteiger partial charge in [0, 0.05) is 7.05 Å². The van der Waals surface area contributed by atoms with Crippen molar-refractivity contribution >= 4 is 5.91 Å². The van der Waals surface area contributed by atoms with E-state index in [0.29, 0.717) is 25.2 Å². The molecule has 6 heteroatoms. The van der Waals surface area contributed by atoms with Crippen LogP contribution >= 0.6 is 0 Å². The minimum absolute atomic E-state index is 0.0932. The van der Waals surface area contributed by atoms with E-state index in [2.05, 4.69) is 21.3 Å². The molecule has 0 bridgehead atoms. The number of aryl methyl sites for hydroxylation is 1. The average molecular weight is 275 g/mol. The number of amides is 1. The molecule has 1 aromatic heterocycles. The number of hydrogen-bond acceptors (Lipinski definition) is 4. The molecule has 1 aliphatic carbocycles. The zero-order chi connectivity index (χ0) is 14.6. The molecule has 0 unspecified atom stereocenters. The first-order valence-corrected chi connectivity index (χ1v) is 7.12. The first-order chi connectivity index (χ1) is 9.57. The minimum atomic E-state index is -0.851. The van der Waals surface area contributed by atoms with Crippen molar-refractivity contribution in [2.75, 3.05) is 7.05 Å². The van der Waals surface area contributed by atoms with Crippen molar-refractivity contribution in [2.45, 2.75) is 52.0 Å². The van der Waals surface area contributed by atoms with Gasteiger partial charge < -0.3 is 4.90 Å². The lowest BCUT2D eigenvalue weighted by molar-refractivity contribution is -0.139. The number of carbonyl (C=O) groups excluding carboxylic acids is 1. The summed E-state index contributed by atoms with van der Waals surface area (Å²) in [7, 11) is 1.72. The maximum atomic E-state index is 12.7. The Balaban J connectivity index is 2.09. The molecule has 1 aromatic rings. The fraction of sp³-hybridized carbons (Fsp3) is 0.714. The van der Waals surface area contributed by atoms with Gasteiger partial charge in [0.05, 0.1) is 12.6 Å². The Morgan fingerprint density at radius 1 is 1.40 bits per heavy atom. The fourth-order valence-corrected chi connectivity index (χ4v) is 2.81. The lowest BCUT2D eigenvalue weighted by Gasteiger charge is -2.28. The van der Waals surface area contributed by atoms with Gasteiger partial charge >= 0.3 is 0 Å². The first-order valence-electron chi connectivity index (χ1n) is 7.12. The number of H-pyrrole nitrogens is 1. The molecule has 0 atom stereocenters. The lowest BCUT2D eigenvalue weighted by atomic mass is 9.80. The zero-order valence-electron chi connectivity index (χ0n) is 12.1. The van der Waals surface area contributed by atoms with Crippen LogP contribution in [0.2, 0.25) is 0 Å². The molecular formula is C14H21N5O. The van der Waals surface area contributed by atoms with Crippen molar-refractivity contribution in [3.8, 4) is 6.07 Å². The minimum Gasteiger partial charge on any atom is -0.337 e. The molecule has 108 valence electrons. The number of hydrogen-bond donors (Lipinski definition) is 1. The van der Waals surface area contributed by atoms with Crippen LogP contribution in [-0.4, -0.2) is 33.0 Å². The average Bonchev–Trinajstić information content (AvgIpc) is 2.71. The summed E-state index contributed by atoms with van der Waals surface area (Å²) in [4.78, 5) is 18.4. The van der Waals surface area contributed by atoms with Crippen molar-refractivity contribution in [3.63, 3.8) is 0 Å². The van der Waals surface area contributed by atoms with Crippen molar-refractivity contribution in [1.29, 1.82) is 5.26 Å². The predicted molar refractivity (Wildman–Crippen MR) is 73.3 cm³/mol. The lowest BCUT2D eigenvalue weighted by Crippen LogP contribution is -2.41. The van der Waals surface area contributed by atoms with Crippen LogP contribution in [-0.2, 0) is 11.3 Å². The van der Waals surface area contributed by atoms with Crippen LogP contribution in [0.5, 0.6) is 0 Å². The number of aromatic nitrogens is 3. The standard InChI is InChI=1S/C14H21N5O/c1-11-16-12(18-17-11)9-19(2)13(20)14(10-15)7-5-3-4-6-8-14/h3-9H2,1-2H3,(H,16,17,18). The van der Waals surface area contributed by atoms with Gasteiger partial charge in [0.15, 0.2) is 5.82 Å². The molecule has 1 heterocycles. The molecule has 6 nitrogen and oxygen atoms in total. The Hall–Kier alpha value is -1.90. The number of nitrogens with one attached hydrogen (secondary N) is 1. The van der Waals surface area contributed by atoms with Crippen LogP contribution in [0.25, 0.3) is 0 Å². The summed E-state index contributed by atoms with van der Waals surface area (Å²) in [6, 6.07) is 2.29. The van der Waals surface area contributed by atoms with Gasteiger partial charge in [0.1, 0.15) is 11.2 Å². The number of aromatic amines is 1. The topological polar surface area (TPSA) is 85.7 Å². The summed E-state index contributed by atoms with van der Waals surface area (Å²) in [6.07, 6.45) is 5.46. The molecular weight excluding hydrogens is 254 g/mol. The van der Waals surface area contributed by atoms with Crippen molar-refractivity contribution in [3.05, 3.63) is 11.6 Å². The number of rotatable bonds is 3. The first kappa shape index (κ1) is 14.5. The Kier molecular flexibility index (Phi) is 4.38. The van der Waals surface area contributed by atoms with Crippen molar-refractivity contribution in [2.24, 2.45) is 5.41 Å². The van der Waals surface area contributed by atoms with Gasteiger partial charge in [-0.1, -0.05) is 25.7 Å². The second-order valence-corrected chi connectivity index (χ2v) is 5.61. The monoisotopic (exact) mass is 275 g/mol. The Labute approximate surface area is 119 Å². The third-order valence-electron chi connectivity index (χ3n) is 3.95. The maximum Gasteiger partial charge on any atom is 0.243 e. The molecule has 1 fully saturated rings. The van der Waals surface area contributed by atoms with Crippen LogP contribution < -0.4 is 0 Å². The Morgan fingerprint density at radius 3 is 2.55 bits per heavy atom. The van der Waals surface area contributed by atoms with Gasteiger partial charge in [-0.15, -0.1) is 0 Å². The maximum absolute atomic E-state index is 12.7. The molecule has 20 heavy (non-hydrogen) atoms. The fourth-order valence-electron chi connectivity index (χ4n) is 2.81. The molecule has 1 N–H and O–H groups in total. The normalized spacial score (nSPS) is 18.1. The highest BCUT2D eigenvalue weighted by molar-refractivity contribution is 5.85. The van der Waals surface area contributed by atoms with Crippen LogP contribution in [0.4, 0.5) is 0 Å². The van der Waals surface area contributed by atoms with Gasteiger partial charge in [-0.25, -0.2) is 4.98 Å². The molecule has 1 amide bonds. The van der Waals surface area contributed by atoms with Gasteiger partial charge in [0.25, 0.3) is 0 Å². The van der Waals surface area contributed by atoms with Crippen LogP contribution in [0.15, 0.2) is 0 Å². The smallest absolute Gasteiger partial charge is 0.243 e. The van der Waals surface area contributed by atoms with E-state index in [1.54, 1.807) is 11.9 Å². The van der Waals surface area contributed by atoms with E-state index in [-0.39, 0.29) is 5.91 Å². The number of carbonyl (C=O) groups is 1. The summed E-state index contributed by atoms with van der Waals surface area (Å²) in [5, 5.41) is 16.3. The molecule has 0 aromatic carbocycles. The molecule has 1 aliphatic rings. The Bertz CT molecular complexity index is 508. The highest BCUT2D eigenvalue weighted by Crippen LogP contribution is 2.36. The summed E-state index contributed by atoms with van der Waals surface area (Å²) < 4.78 is 0. The molecule has 0 saturated heterocycles. The predicted octanol–water partition coefficient (Wildman–Crippen LogP) is 1.94. The van der Waals surface area contributed by atoms with E-state index >= 15 is 0 Å². The summed E-state index contributed by atoms with van der Waals surface area (Å²) in [6.45, 7) is 2.16. The Morgan fingerprint density at radius 2 is 2.05 bits per heavy atom. The van der Waals surface area contributed by atoms with Crippen LogP contribution in [0, 0.1) is 23.7 Å². The second-order valence-electron chi connectivity index (χ2n) is 5.61. The van der Waals surface area contributed by atoms with Crippen LogP contribution in [0.1, 0.15) is 50.2 Å². The highest BCUT2D eigenvalue weighted by atomic mass is 16.2. The highest BCUT2D eigenvalue weighted by Gasteiger charge is 2.40. The third-order valence-corrected chi connectivity index (χ3v) is 3.95. The third kappa shape index (κ3) is 2.98. The van der Waals surface area contributed by atoms with E-state index in [0.717, 1.165) is 31.5 Å². The summed E-state index contributed by atoms with van der Waals surface area (Å²) >= 11 is 0. The van der Waals surface area contributed by atoms with Gasteiger partial charge in [-0.05, 0) is 19.8 Å². The van der Waals surface area contributed by atoms with E-state index in [9.17, 15) is 10.1 Å². The van der Waals surface area contributed by atoms with E-state index in [1.807, 2.05) is 6.92 Å². The van der Waals surface area contributed by atoms with Crippen LogP contribution in [0.3, 0.4) is 0 Å². The number of nitriles is 1. The summed E-state index contributed by atoms with van der Waals surface area (Å²) in [5.74, 6) is 1.22. The SMILES string of the molecule is Cc1nc(CN(C)C(=O)C2(C#N)CCCCCC2)n[nH]1. The quantitative estimate of drug-likeness (QED) is 0.854. The van der Waals surface area contributed by atoms with E-state index in [4.69, 9.17) is 0 Å². The van der Waals surface area contributed by atoms with Crippen molar-refractivity contribution < 1.29 is 4.79 Å². The number of nitrogens with zero attached hydrogens (tertiary/aromatic N) is 4. The largest absolute Gasteiger partial charge is 0.337 e.